The summed E-state index contributed by atoms with van der Waals surface area (Å²) in [6, 6.07) is 16.8. The summed E-state index contributed by atoms with van der Waals surface area (Å²) in [4.78, 5) is 12.0. The minimum atomic E-state index is -0.251. The van der Waals surface area contributed by atoms with E-state index in [1.54, 1.807) is 6.07 Å². The van der Waals surface area contributed by atoms with Gasteiger partial charge in [-0.05, 0) is 42.5 Å². The summed E-state index contributed by atoms with van der Waals surface area (Å²) < 4.78 is 13.1. The number of benzene rings is 2. The third-order valence-electron chi connectivity index (χ3n) is 4.39. The summed E-state index contributed by atoms with van der Waals surface area (Å²) in [6.07, 6.45) is 3.22. The first-order valence-electron chi connectivity index (χ1n) is 7.75. The van der Waals surface area contributed by atoms with Crippen LogP contribution in [0.1, 0.15) is 30.4 Å². The maximum Gasteiger partial charge on any atom is 0.220 e. The van der Waals surface area contributed by atoms with Gasteiger partial charge >= 0.3 is 0 Å². The second kappa shape index (κ2) is 6.30. The lowest BCUT2D eigenvalue weighted by molar-refractivity contribution is -0.121. The molecular weight excluding hydrogens is 277 g/mol. The van der Waals surface area contributed by atoms with Crippen molar-refractivity contribution in [2.75, 3.05) is 6.54 Å². The fraction of sp³-hybridized carbons (Fsp3) is 0.316. The van der Waals surface area contributed by atoms with Crippen LogP contribution < -0.4 is 5.32 Å². The molecule has 0 aliphatic heterocycles. The van der Waals surface area contributed by atoms with Crippen LogP contribution >= 0.6 is 0 Å². The van der Waals surface area contributed by atoms with Crippen molar-refractivity contribution < 1.29 is 9.18 Å². The molecule has 2 aromatic rings. The number of aryl methyl sites for hydroxylation is 1. The van der Waals surface area contributed by atoms with Crippen LogP contribution in [0.4, 0.5) is 4.39 Å². The van der Waals surface area contributed by atoms with Gasteiger partial charge in [-0.3, -0.25) is 4.79 Å². The Bertz CT molecular complexity index is 649. The molecule has 2 nitrogen and oxygen atoms in total. The molecule has 0 atom stereocenters. The van der Waals surface area contributed by atoms with Crippen LogP contribution in [-0.4, -0.2) is 12.5 Å². The highest BCUT2D eigenvalue weighted by Crippen LogP contribution is 2.47. The number of amides is 1. The van der Waals surface area contributed by atoms with Crippen LogP contribution in [-0.2, 0) is 16.6 Å². The number of carbonyl (C=O) groups excluding carboxylic acids is 1. The molecule has 0 spiro atoms. The topological polar surface area (TPSA) is 29.1 Å². The standard InChI is InChI=1S/C19H20FNO/c20-17-8-4-5-15(13-17)9-10-18(22)21-14-19(11-12-19)16-6-2-1-3-7-16/h1-8,13H,9-12,14H2,(H,21,22). The van der Waals surface area contributed by atoms with Gasteiger partial charge in [0.25, 0.3) is 0 Å². The van der Waals surface area contributed by atoms with Gasteiger partial charge in [0.2, 0.25) is 5.91 Å². The first-order valence-corrected chi connectivity index (χ1v) is 7.75. The molecule has 0 heterocycles. The molecule has 0 unspecified atom stereocenters. The Balaban J connectivity index is 1.49. The van der Waals surface area contributed by atoms with Crippen molar-refractivity contribution in [3.63, 3.8) is 0 Å². The van der Waals surface area contributed by atoms with Gasteiger partial charge in [-0.25, -0.2) is 4.39 Å². The van der Waals surface area contributed by atoms with E-state index in [9.17, 15) is 9.18 Å². The minimum Gasteiger partial charge on any atom is -0.355 e. The van der Waals surface area contributed by atoms with E-state index in [2.05, 4.69) is 17.4 Å². The highest BCUT2D eigenvalue weighted by Gasteiger charge is 2.44. The molecule has 0 aromatic heterocycles. The van der Waals surface area contributed by atoms with Crippen LogP contribution in [0.15, 0.2) is 54.6 Å². The van der Waals surface area contributed by atoms with E-state index in [1.165, 1.54) is 17.7 Å². The van der Waals surface area contributed by atoms with Gasteiger partial charge in [0, 0.05) is 18.4 Å². The van der Waals surface area contributed by atoms with E-state index in [4.69, 9.17) is 0 Å². The summed E-state index contributed by atoms with van der Waals surface area (Å²) >= 11 is 0. The molecular formula is C19H20FNO. The maximum atomic E-state index is 13.1. The summed E-state index contributed by atoms with van der Waals surface area (Å²) in [7, 11) is 0. The number of nitrogens with one attached hydrogen (secondary N) is 1. The summed E-state index contributed by atoms with van der Waals surface area (Å²) in [5.74, 6) is -0.217. The van der Waals surface area contributed by atoms with Gasteiger partial charge in [-0.2, -0.15) is 0 Å². The minimum absolute atomic E-state index is 0.0338. The van der Waals surface area contributed by atoms with E-state index >= 15 is 0 Å². The normalized spacial score (nSPS) is 15.3. The number of hydrogen-bond acceptors (Lipinski definition) is 1. The molecule has 3 heteroatoms. The fourth-order valence-electron chi connectivity index (χ4n) is 2.82. The monoisotopic (exact) mass is 297 g/mol. The second-order valence-electron chi connectivity index (χ2n) is 6.05. The molecule has 0 radical (unpaired) electrons. The van der Waals surface area contributed by atoms with Crippen molar-refractivity contribution in [1.29, 1.82) is 0 Å². The average Bonchev–Trinajstić information content (AvgIpc) is 3.33. The SMILES string of the molecule is O=C(CCc1cccc(F)c1)NCC1(c2ccccc2)CC1. The van der Waals surface area contributed by atoms with Crippen LogP contribution in [0.25, 0.3) is 0 Å². The smallest absolute Gasteiger partial charge is 0.220 e. The Hall–Kier alpha value is -2.16. The molecule has 1 saturated carbocycles. The molecule has 0 bridgehead atoms. The second-order valence-corrected chi connectivity index (χ2v) is 6.05. The Labute approximate surface area is 130 Å². The fourth-order valence-corrected chi connectivity index (χ4v) is 2.82. The first kappa shape index (κ1) is 14.8. The zero-order chi connectivity index (χ0) is 15.4. The van der Waals surface area contributed by atoms with Crippen molar-refractivity contribution in [2.24, 2.45) is 0 Å². The van der Waals surface area contributed by atoms with Gasteiger partial charge in [-0.1, -0.05) is 42.5 Å². The zero-order valence-corrected chi connectivity index (χ0v) is 12.5. The Morgan fingerprint density at radius 1 is 1.09 bits per heavy atom. The highest BCUT2D eigenvalue weighted by molar-refractivity contribution is 5.76. The average molecular weight is 297 g/mol. The van der Waals surface area contributed by atoms with Crippen molar-refractivity contribution in [2.45, 2.75) is 31.1 Å². The van der Waals surface area contributed by atoms with E-state index in [0.717, 1.165) is 18.4 Å². The predicted octanol–water partition coefficient (Wildman–Crippen LogP) is 3.61. The molecule has 1 fully saturated rings. The summed E-state index contributed by atoms with van der Waals surface area (Å²) in [6.45, 7) is 0.693. The van der Waals surface area contributed by atoms with Gasteiger partial charge in [-0.15, -0.1) is 0 Å². The van der Waals surface area contributed by atoms with Crippen LogP contribution in [0, 0.1) is 5.82 Å². The lowest BCUT2D eigenvalue weighted by atomic mass is 9.96. The first-order chi connectivity index (χ1) is 10.7. The third kappa shape index (κ3) is 3.53. The van der Waals surface area contributed by atoms with Crippen molar-refractivity contribution in [3.05, 3.63) is 71.5 Å². The van der Waals surface area contributed by atoms with E-state index in [-0.39, 0.29) is 17.1 Å². The Morgan fingerprint density at radius 3 is 2.55 bits per heavy atom. The van der Waals surface area contributed by atoms with E-state index in [1.807, 2.05) is 24.3 Å². The molecule has 1 N–H and O–H groups in total. The van der Waals surface area contributed by atoms with E-state index in [0.29, 0.717) is 19.4 Å². The van der Waals surface area contributed by atoms with Crippen molar-refractivity contribution in [1.82, 2.24) is 5.32 Å². The largest absolute Gasteiger partial charge is 0.355 e. The van der Waals surface area contributed by atoms with Gasteiger partial charge in [0.1, 0.15) is 5.82 Å². The van der Waals surface area contributed by atoms with Gasteiger partial charge in [0.15, 0.2) is 0 Å². The number of hydrogen-bond donors (Lipinski definition) is 1. The van der Waals surface area contributed by atoms with Crippen LogP contribution in [0.5, 0.6) is 0 Å². The van der Waals surface area contributed by atoms with E-state index < -0.39 is 0 Å². The number of carbonyl (C=O) groups is 1. The lowest BCUT2D eigenvalue weighted by Gasteiger charge is -2.16. The number of rotatable bonds is 6. The Kier molecular flexibility index (Phi) is 4.23. The highest BCUT2D eigenvalue weighted by atomic mass is 19.1. The molecule has 0 saturated heterocycles. The summed E-state index contributed by atoms with van der Waals surface area (Å²) in [5, 5.41) is 3.04. The number of halogens is 1. The third-order valence-corrected chi connectivity index (χ3v) is 4.39. The molecule has 22 heavy (non-hydrogen) atoms. The molecule has 114 valence electrons. The maximum absolute atomic E-state index is 13.1. The van der Waals surface area contributed by atoms with Crippen LogP contribution in [0.3, 0.4) is 0 Å². The molecule has 2 aromatic carbocycles. The van der Waals surface area contributed by atoms with Crippen LogP contribution in [0.2, 0.25) is 0 Å². The zero-order valence-electron chi connectivity index (χ0n) is 12.5. The van der Waals surface area contributed by atoms with Crippen molar-refractivity contribution in [3.8, 4) is 0 Å². The van der Waals surface area contributed by atoms with Crippen molar-refractivity contribution >= 4 is 5.91 Å². The molecule has 1 amide bonds. The Morgan fingerprint density at radius 2 is 1.86 bits per heavy atom. The molecule has 1 aliphatic rings. The predicted molar refractivity (Wildman–Crippen MR) is 85.1 cm³/mol. The summed E-state index contributed by atoms with van der Waals surface area (Å²) in [5.41, 5.74) is 2.30. The lowest BCUT2D eigenvalue weighted by Crippen LogP contribution is -2.32. The molecule has 3 rings (SSSR count). The quantitative estimate of drug-likeness (QED) is 0.867. The molecule has 1 aliphatic carbocycles. The van der Waals surface area contributed by atoms with Gasteiger partial charge < -0.3 is 5.32 Å². The van der Waals surface area contributed by atoms with Gasteiger partial charge in [0.05, 0.1) is 0 Å².